The molecular formula is C12H23N3O. The van der Waals surface area contributed by atoms with Crippen LogP contribution in [0.5, 0.6) is 0 Å². The number of hydrogen-bond acceptors (Lipinski definition) is 3. The summed E-state index contributed by atoms with van der Waals surface area (Å²) in [5, 5.41) is 11.9. The third-order valence-electron chi connectivity index (χ3n) is 2.19. The molecule has 1 atom stereocenters. The zero-order valence-electron chi connectivity index (χ0n) is 11.0. The van der Waals surface area contributed by atoms with Crippen LogP contribution in [-0.4, -0.2) is 36.5 Å². The number of carbonyl (C=O) groups is 1. The van der Waals surface area contributed by atoms with Crippen LogP contribution in [0.1, 0.15) is 34.1 Å². The first-order valence-electron chi connectivity index (χ1n) is 5.65. The van der Waals surface area contributed by atoms with Gasteiger partial charge >= 0.3 is 0 Å². The van der Waals surface area contributed by atoms with Crippen molar-refractivity contribution >= 4 is 5.91 Å². The van der Waals surface area contributed by atoms with Crippen molar-refractivity contribution < 1.29 is 4.79 Å². The molecule has 4 heteroatoms. The van der Waals surface area contributed by atoms with E-state index in [2.05, 4.69) is 32.2 Å². The first-order chi connectivity index (χ1) is 7.26. The minimum Gasteiger partial charge on any atom is -0.344 e. The summed E-state index contributed by atoms with van der Waals surface area (Å²) in [7, 11) is 1.74. The first-order valence-corrected chi connectivity index (χ1v) is 5.65. The summed E-state index contributed by atoms with van der Waals surface area (Å²) in [5.74, 6) is -0.0247. The number of nitriles is 1. The van der Waals surface area contributed by atoms with Crippen molar-refractivity contribution in [3.8, 4) is 6.07 Å². The fourth-order valence-corrected chi connectivity index (χ4v) is 1.29. The first kappa shape index (κ1) is 14.9. The van der Waals surface area contributed by atoms with Crippen LogP contribution in [0.15, 0.2) is 0 Å². The highest BCUT2D eigenvalue weighted by atomic mass is 16.2. The van der Waals surface area contributed by atoms with E-state index in [0.29, 0.717) is 19.5 Å². The van der Waals surface area contributed by atoms with Gasteiger partial charge in [-0.05, 0) is 27.7 Å². The molecule has 0 aliphatic heterocycles. The largest absolute Gasteiger partial charge is 0.344 e. The highest BCUT2D eigenvalue weighted by Gasteiger charge is 2.13. The SMILES string of the molecule is CC(C#N)CN(C)C(=O)CCNC(C)(C)C. The maximum absolute atomic E-state index is 11.7. The third-order valence-corrected chi connectivity index (χ3v) is 2.19. The molecule has 1 unspecified atom stereocenters. The predicted molar refractivity (Wildman–Crippen MR) is 64.8 cm³/mol. The van der Waals surface area contributed by atoms with Crippen molar-refractivity contribution in [3.63, 3.8) is 0 Å². The van der Waals surface area contributed by atoms with Crippen LogP contribution in [0.2, 0.25) is 0 Å². The van der Waals surface area contributed by atoms with Crippen molar-refractivity contribution in [1.29, 1.82) is 5.26 Å². The van der Waals surface area contributed by atoms with Gasteiger partial charge < -0.3 is 10.2 Å². The van der Waals surface area contributed by atoms with Crippen molar-refractivity contribution in [2.75, 3.05) is 20.1 Å². The molecule has 92 valence electrons. The molecule has 0 aromatic carbocycles. The smallest absolute Gasteiger partial charge is 0.223 e. The summed E-state index contributed by atoms with van der Waals surface area (Å²) in [4.78, 5) is 13.3. The van der Waals surface area contributed by atoms with Crippen molar-refractivity contribution in [3.05, 3.63) is 0 Å². The van der Waals surface area contributed by atoms with Gasteiger partial charge in [-0.15, -0.1) is 0 Å². The van der Waals surface area contributed by atoms with E-state index in [1.54, 1.807) is 11.9 Å². The summed E-state index contributed by atoms with van der Waals surface area (Å²) in [6, 6.07) is 2.12. The van der Waals surface area contributed by atoms with Gasteiger partial charge in [0.1, 0.15) is 0 Å². The molecule has 0 bridgehead atoms. The fourth-order valence-electron chi connectivity index (χ4n) is 1.29. The van der Waals surface area contributed by atoms with Gasteiger partial charge in [0.15, 0.2) is 0 Å². The maximum atomic E-state index is 11.7. The van der Waals surface area contributed by atoms with E-state index < -0.39 is 0 Å². The average molecular weight is 225 g/mol. The van der Waals surface area contributed by atoms with E-state index >= 15 is 0 Å². The van der Waals surface area contributed by atoms with Gasteiger partial charge in [-0.25, -0.2) is 0 Å². The number of rotatable bonds is 5. The van der Waals surface area contributed by atoms with Crippen LogP contribution in [-0.2, 0) is 4.79 Å². The van der Waals surface area contributed by atoms with Gasteiger partial charge in [-0.1, -0.05) is 0 Å². The van der Waals surface area contributed by atoms with Crippen molar-refractivity contribution in [2.45, 2.75) is 39.7 Å². The molecule has 0 radical (unpaired) electrons. The standard InChI is InChI=1S/C12H23N3O/c1-10(8-13)9-15(5)11(16)6-7-14-12(2,3)4/h10,14H,6-7,9H2,1-5H3. The summed E-state index contributed by atoms with van der Waals surface area (Å²) >= 11 is 0. The van der Waals surface area contributed by atoms with Gasteiger partial charge in [0.2, 0.25) is 5.91 Å². The summed E-state index contributed by atoms with van der Waals surface area (Å²) in [5.41, 5.74) is 0.0405. The van der Waals surface area contributed by atoms with Gasteiger partial charge in [-0.3, -0.25) is 4.79 Å². The lowest BCUT2D eigenvalue weighted by Gasteiger charge is -2.22. The minimum absolute atomic E-state index is 0.0405. The van der Waals surface area contributed by atoms with E-state index in [9.17, 15) is 4.79 Å². The number of amides is 1. The Morgan fingerprint density at radius 1 is 1.50 bits per heavy atom. The summed E-state index contributed by atoms with van der Waals surface area (Å²) < 4.78 is 0. The van der Waals surface area contributed by atoms with Crippen LogP contribution in [0, 0.1) is 17.2 Å². The van der Waals surface area contributed by atoms with E-state index in [4.69, 9.17) is 5.26 Å². The van der Waals surface area contributed by atoms with Crippen LogP contribution < -0.4 is 5.32 Å². The van der Waals surface area contributed by atoms with Gasteiger partial charge in [-0.2, -0.15) is 5.26 Å². The molecule has 0 aliphatic rings. The highest BCUT2D eigenvalue weighted by molar-refractivity contribution is 5.76. The molecule has 0 aromatic rings. The Hall–Kier alpha value is -1.08. The monoisotopic (exact) mass is 225 g/mol. The molecule has 16 heavy (non-hydrogen) atoms. The Kier molecular flexibility index (Phi) is 6.05. The second kappa shape index (κ2) is 6.49. The number of nitrogens with one attached hydrogen (secondary N) is 1. The summed E-state index contributed by atoms with van der Waals surface area (Å²) in [6.07, 6.45) is 0.478. The Bertz CT molecular complexity index is 262. The molecule has 0 spiro atoms. The molecule has 0 saturated heterocycles. The maximum Gasteiger partial charge on any atom is 0.223 e. The molecule has 1 amide bonds. The van der Waals surface area contributed by atoms with E-state index in [1.807, 2.05) is 6.92 Å². The molecule has 0 fully saturated rings. The average Bonchev–Trinajstić information content (AvgIpc) is 2.15. The van der Waals surface area contributed by atoms with Gasteiger partial charge in [0, 0.05) is 32.1 Å². The molecule has 0 heterocycles. The predicted octanol–water partition coefficient (Wildman–Crippen LogP) is 1.38. The molecule has 0 saturated carbocycles. The summed E-state index contributed by atoms with van der Waals surface area (Å²) in [6.45, 7) is 9.20. The Morgan fingerprint density at radius 2 is 2.06 bits per heavy atom. The molecule has 4 nitrogen and oxygen atoms in total. The quantitative estimate of drug-likeness (QED) is 0.769. The normalized spacial score (nSPS) is 13.0. The molecule has 0 rings (SSSR count). The third kappa shape index (κ3) is 7.24. The van der Waals surface area contributed by atoms with Crippen molar-refractivity contribution in [1.82, 2.24) is 10.2 Å². The van der Waals surface area contributed by atoms with Crippen molar-refractivity contribution in [2.24, 2.45) is 5.92 Å². The Labute approximate surface area is 98.6 Å². The lowest BCUT2D eigenvalue weighted by Crippen LogP contribution is -2.39. The van der Waals surface area contributed by atoms with Crippen LogP contribution in [0.4, 0.5) is 0 Å². The lowest BCUT2D eigenvalue weighted by molar-refractivity contribution is -0.130. The van der Waals surface area contributed by atoms with Gasteiger partial charge in [0.05, 0.1) is 12.0 Å². The fraction of sp³-hybridized carbons (Fsp3) is 0.833. The van der Waals surface area contributed by atoms with E-state index in [1.165, 1.54) is 0 Å². The van der Waals surface area contributed by atoms with Crippen LogP contribution >= 0.6 is 0 Å². The zero-order valence-corrected chi connectivity index (χ0v) is 11.0. The molecule has 0 aromatic heterocycles. The molecule has 1 N–H and O–H groups in total. The van der Waals surface area contributed by atoms with E-state index in [-0.39, 0.29) is 17.4 Å². The topological polar surface area (TPSA) is 56.1 Å². The highest BCUT2D eigenvalue weighted by Crippen LogP contribution is 2.01. The van der Waals surface area contributed by atoms with Gasteiger partial charge in [0.25, 0.3) is 0 Å². The van der Waals surface area contributed by atoms with Crippen LogP contribution in [0.3, 0.4) is 0 Å². The second-order valence-electron chi connectivity index (χ2n) is 5.23. The number of carbonyl (C=O) groups excluding carboxylic acids is 1. The second-order valence-corrected chi connectivity index (χ2v) is 5.23. The Balaban J connectivity index is 3.85. The number of hydrogen-bond donors (Lipinski definition) is 1. The molecule has 0 aliphatic carbocycles. The number of nitrogens with zero attached hydrogens (tertiary/aromatic N) is 2. The van der Waals surface area contributed by atoms with Crippen LogP contribution in [0.25, 0.3) is 0 Å². The Morgan fingerprint density at radius 3 is 2.50 bits per heavy atom. The lowest BCUT2D eigenvalue weighted by atomic mass is 10.1. The minimum atomic E-state index is -0.107. The molecular weight excluding hydrogens is 202 g/mol. The van der Waals surface area contributed by atoms with E-state index in [0.717, 1.165) is 0 Å². The zero-order chi connectivity index (χ0) is 12.8.